The zero-order valence-electron chi connectivity index (χ0n) is 11.2. The van der Waals surface area contributed by atoms with E-state index in [-0.39, 0.29) is 12.6 Å². The molecule has 2 aromatic rings. The van der Waals surface area contributed by atoms with Gasteiger partial charge in [-0.3, -0.25) is 0 Å². The van der Waals surface area contributed by atoms with Gasteiger partial charge in [0.05, 0.1) is 16.0 Å². The molecule has 0 aliphatic rings. The zero-order chi connectivity index (χ0) is 14.7. The van der Waals surface area contributed by atoms with Crippen LogP contribution in [0, 0.1) is 0 Å². The Hall–Kier alpha value is -0.990. The van der Waals surface area contributed by atoms with Crippen LogP contribution in [0.5, 0.6) is 5.75 Å². The van der Waals surface area contributed by atoms with Crippen LogP contribution >= 0.6 is 31.9 Å². The lowest BCUT2D eigenvalue weighted by atomic mass is 10.1. The number of ether oxygens (including phenoxy) is 1. The highest BCUT2D eigenvalue weighted by Gasteiger charge is 2.11. The molecule has 6 nitrogen and oxygen atoms in total. The smallest absolute Gasteiger partial charge is 0.212 e. The molecule has 2 rings (SSSR count). The Morgan fingerprint density at radius 3 is 2.50 bits per heavy atom. The molecule has 1 aromatic heterocycles. The largest absolute Gasteiger partial charge is 0.483 e. The first kappa shape index (κ1) is 15.4. The van der Waals surface area contributed by atoms with Crippen LogP contribution in [0.3, 0.4) is 0 Å². The molecule has 0 fully saturated rings. The Labute approximate surface area is 133 Å². The van der Waals surface area contributed by atoms with Crippen molar-refractivity contribution in [3.05, 3.63) is 32.5 Å². The fourth-order valence-corrected chi connectivity index (χ4v) is 3.27. The number of rotatable bonds is 5. The first-order valence-corrected chi connectivity index (χ1v) is 7.63. The van der Waals surface area contributed by atoms with E-state index in [0.29, 0.717) is 11.6 Å². The third-order valence-electron chi connectivity index (χ3n) is 2.51. The lowest BCUT2D eigenvalue weighted by molar-refractivity contribution is 0.291. The molecule has 0 aliphatic carbocycles. The number of aromatic nitrogens is 4. The van der Waals surface area contributed by atoms with Gasteiger partial charge in [0.15, 0.2) is 6.61 Å². The van der Waals surface area contributed by atoms with E-state index in [1.54, 1.807) is 7.05 Å². The number of hydrogen-bond acceptors (Lipinski definition) is 5. The summed E-state index contributed by atoms with van der Waals surface area (Å²) < 4.78 is 7.46. The van der Waals surface area contributed by atoms with Crippen LogP contribution < -0.4 is 10.5 Å². The number of tetrazole rings is 1. The fraction of sp³-hybridized carbons (Fsp3) is 0.417. The minimum Gasteiger partial charge on any atom is -0.483 e. The second-order valence-electron chi connectivity index (χ2n) is 4.55. The lowest BCUT2D eigenvalue weighted by Gasteiger charge is -2.12. The summed E-state index contributed by atoms with van der Waals surface area (Å²) in [4.78, 5) is 1.40. The van der Waals surface area contributed by atoms with Crippen molar-refractivity contribution in [2.75, 3.05) is 0 Å². The summed E-state index contributed by atoms with van der Waals surface area (Å²) in [6.07, 6.45) is 0.809. The number of nitrogens with two attached hydrogens (primary N) is 1. The van der Waals surface area contributed by atoms with Gasteiger partial charge in [-0.05, 0) is 68.1 Å². The third-order valence-corrected chi connectivity index (χ3v) is 3.69. The quantitative estimate of drug-likeness (QED) is 0.826. The first-order chi connectivity index (χ1) is 9.45. The van der Waals surface area contributed by atoms with Gasteiger partial charge < -0.3 is 10.5 Å². The minimum atomic E-state index is 0.115. The van der Waals surface area contributed by atoms with Crippen molar-refractivity contribution in [2.24, 2.45) is 12.8 Å². The molecule has 1 unspecified atom stereocenters. The van der Waals surface area contributed by atoms with Gasteiger partial charge in [-0.15, -0.1) is 10.2 Å². The summed E-state index contributed by atoms with van der Waals surface area (Å²) in [5, 5.41) is 11.7. The van der Waals surface area contributed by atoms with Crippen molar-refractivity contribution in [1.82, 2.24) is 20.2 Å². The van der Waals surface area contributed by atoms with E-state index in [2.05, 4.69) is 47.3 Å². The van der Waals surface area contributed by atoms with Crippen molar-refractivity contribution in [1.29, 1.82) is 0 Å². The Balaban J connectivity index is 2.11. The van der Waals surface area contributed by atoms with Crippen molar-refractivity contribution in [3.63, 3.8) is 0 Å². The molecule has 108 valence electrons. The normalized spacial score (nSPS) is 12.4. The van der Waals surface area contributed by atoms with E-state index >= 15 is 0 Å². The van der Waals surface area contributed by atoms with Gasteiger partial charge >= 0.3 is 0 Å². The topological polar surface area (TPSA) is 78.9 Å². The minimum absolute atomic E-state index is 0.115. The van der Waals surface area contributed by atoms with Gasteiger partial charge in [0.1, 0.15) is 5.75 Å². The van der Waals surface area contributed by atoms with Crippen LogP contribution in [0.25, 0.3) is 0 Å². The first-order valence-electron chi connectivity index (χ1n) is 6.05. The molecule has 2 N–H and O–H groups in total. The molecular formula is C12H15Br2N5O. The Bertz CT molecular complexity index is 576. The second-order valence-corrected chi connectivity index (χ2v) is 6.26. The molecule has 0 aliphatic heterocycles. The summed E-state index contributed by atoms with van der Waals surface area (Å²) in [6, 6.07) is 4.13. The van der Waals surface area contributed by atoms with Crippen molar-refractivity contribution in [2.45, 2.75) is 26.0 Å². The summed E-state index contributed by atoms with van der Waals surface area (Å²) in [6.45, 7) is 2.24. The van der Waals surface area contributed by atoms with Crippen LogP contribution in [0.15, 0.2) is 21.1 Å². The maximum Gasteiger partial charge on any atom is 0.212 e. The lowest BCUT2D eigenvalue weighted by Crippen LogP contribution is -2.17. The zero-order valence-corrected chi connectivity index (χ0v) is 14.3. The molecule has 0 saturated heterocycles. The van der Waals surface area contributed by atoms with Gasteiger partial charge in [-0.2, -0.15) is 4.80 Å². The third kappa shape index (κ3) is 4.00. The number of benzene rings is 1. The van der Waals surface area contributed by atoms with E-state index in [1.165, 1.54) is 4.80 Å². The SMILES string of the molecule is CC(N)Cc1cc(Br)c(OCc2nnn(C)n2)c(Br)c1. The Morgan fingerprint density at radius 2 is 2.00 bits per heavy atom. The predicted molar refractivity (Wildman–Crippen MR) is 82.3 cm³/mol. The maximum atomic E-state index is 5.81. The average Bonchev–Trinajstić information content (AvgIpc) is 2.73. The van der Waals surface area contributed by atoms with Crippen LogP contribution in [0.4, 0.5) is 0 Å². The molecule has 1 aromatic carbocycles. The molecule has 0 amide bonds. The highest BCUT2D eigenvalue weighted by molar-refractivity contribution is 9.11. The van der Waals surface area contributed by atoms with Crippen LogP contribution in [-0.4, -0.2) is 26.2 Å². The molecule has 0 spiro atoms. The maximum absolute atomic E-state index is 5.81. The number of aryl methyl sites for hydroxylation is 1. The standard InChI is InChI=1S/C12H15Br2N5O/c1-7(15)3-8-4-9(13)12(10(14)5-8)20-6-11-16-18-19(2)17-11/h4-5,7H,3,6,15H2,1-2H3. The molecule has 1 atom stereocenters. The monoisotopic (exact) mass is 403 g/mol. The molecule has 20 heavy (non-hydrogen) atoms. The van der Waals surface area contributed by atoms with Gasteiger partial charge in [-0.1, -0.05) is 0 Å². The Morgan fingerprint density at radius 1 is 1.35 bits per heavy atom. The van der Waals surface area contributed by atoms with E-state index in [4.69, 9.17) is 10.5 Å². The molecule has 1 heterocycles. The average molecular weight is 405 g/mol. The molecule has 8 heteroatoms. The fourth-order valence-electron chi connectivity index (χ4n) is 1.76. The second kappa shape index (κ2) is 6.64. The number of halogens is 2. The predicted octanol–water partition coefficient (Wildman–Crippen LogP) is 2.20. The van der Waals surface area contributed by atoms with E-state index in [1.807, 2.05) is 19.1 Å². The highest BCUT2D eigenvalue weighted by Crippen LogP contribution is 2.35. The molecule has 0 saturated carbocycles. The number of hydrogen-bond donors (Lipinski definition) is 1. The van der Waals surface area contributed by atoms with E-state index in [9.17, 15) is 0 Å². The van der Waals surface area contributed by atoms with Gasteiger partial charge in [-0.25, -0.2) is 0 Å². The molecule has 0 radical (unpaired) electrons. The van der Waals surface area contributed by atoms with Crippen molar-refractivity contribution < 1.29 is 4.74 Å². The highest BCUT2D eigenvalue weighted by atomic mass is 79.9. The summed E-state index contributed by atoms with van der Waals surface area (Å²) >= 11 is 7.02. The Kier molecular flexibility index (Phi) is 5.11. The summed E-state index contributed by atoms with van der Waals surface area (Å²) in [5.74, 6) is 1.25. The number of nitrogens with zero attached hydrogens (tertiary/aromatic N) is 4. The molecule has 0 bridgehead atoms. The van der Waals surface area contributed by atoms with Gasteiger partial charge in [0.2, 0.25) is 5.82 Å². The van der Waals surface area contributed by atoms with Crippen LogP contribution in [-0.2, 0) is 20.1 Å². The van der Waals surface area contributed by atoms with E-state index in [0.717, 1.165) is 20.9 Å². The van der Waals surface area contributed by atoms with Gasteiger partial charge in [0, 0.05) is 6.04 Å². The van der Waals surface area contributed by atoms with Crippen molar-refractivity contribution in [3.8, 4) is 5.75 Å². The van der Waals surface area contributed by atoms with E-state index < -0.39 is 0 Å². The van der Waals surface area contributed by atoms with Crippen molar-refractivity contribution >= 4 is 31.9 Å². The van der Waals surface area contributed by atoms with Crippen LogP contribution in [0.1, 0.15) is 18.3 Å². The summed E-state index contributed by atoms with van der Waals surface area (Å²) in [5.41, 5.74) is 6.95. The summed E-state index contributed by atoms with van der Waals surface area (Å²) in [7, 11) is 1.71. The van der Waals surface area contributed by atoms with Crippen LogP contribution in [0.2, 0.25) is 0 Å². The molecular weight excluding hydrogens is 390 g/mol. The van der Waals surface area contributed by atoms with Gasteiger partial charge in [0.25, 0.3) is 0 Å².